The zero-order chi connectivity index (χ0) is 22.6. The second-order valence-electron chi connectivity index (χ2n) is 8.63. The molecule has 5 heterocycles. The summed E-state index contributed by atoms with van der Waals surface area (Å²) < 4.78 is 0. The Hall–Kier alpha value is -3.51. The van der Waals surface area contributed by atoms with E-state index in [0.717, 1.165) is 57.4 Å². The Morgan fingerprint density at radius 2 is 2.06 bits per heavy atom. The minimum Gasteiger partial charge on any atom is -0.353 e. The highest BCUT2D eigenvalue weighted by atomic mass is 15.1. The molecule has 0 unspecified atom stereocenters. The summed E-state index contributed by atoms with van der Waals surface area (Å²) in [4.78, 5) is 15.2. The Kier molecular flexibility index (Phi) is 6.17. The SMILES string of the molecule is C=C/C(=C\C(=C/C)c1ccc2[nH]nc(-c3cc4cnccc4[nH]3)c2n1)CCCN1CCCC1. The van der Waals surface area contributed by atoms with Gasteiger partial charge in [0.15, 0.2) is 0 Å². The van der Waals surface area contributed by atoms with Crippen LogP contribution in [0, 0.1) is 0 Å². The van der Waals surface area contributed by atoms with Gasteiger partial charge < -0.3 is 9.88 Å². The van der Waals surface area contributed by atoms with Gasteiger partial charge in [-0.15, -0.1) is 0 Å². The summed E-state index contributed by atoms with van der Waals surface area (Å²) >= 11 is 0. The number of aromatic nitrogens is 5. The number of pyridine rings is 2. The lowest BCUT2D eigenvalue weighted by Crippen LogP contribution is -2.20. The summed E-state index contributed by atoms with van der Waals surface area (Å²) in [7, 11) is 0. The maximum Gasteiger partial charge on any atom is 0.135 e. The Balaban J connectivity index is 1.41. The van der Waals surface area contributed by atoms with Crippen molar-refractivity contribution >= 4 is 27.5 Å². The molecule has 0 spiro atoms. The Labute approximate surface area is 194 Å². The molecule has 1 aliphatic rings. The first-order valence-electron chi connectivity index (χ1n) is 11.8. The van der Waals surface area contributed by atoms with Crippen LogP contribution in [0.2, 0.25) is 0 Å². The first kappa shape index (κ1) is 21.3. The van der Waals surface area contributed by atoms with Crippen LogP contribution < -0.4 is 0 Å². The van der Waals surface area contributed by atoms with Crippen molar-refractivity contribution in [3.8, 4) is 11.4 Å². The lowest BCUT2D eigenvalue weighted by atomic mass is 10.0. The fourth-order valence-electron chi connectivity index (χ4n) is 4.60. The van der Waals surface area contributed by atoms with Crippen LogP contribution in [0.3, 0.4) is 0 Å². The molecule has 4 aromatic rings. The Bertz CT molecular complexity index is 1300. The van der Waals surface area contributed by atoms with Crippen LogP contribution in [0.25, 0.3) is 38.9 Å². The number of nitrogens with zero attached hydrogens (tertiary/aromatic N) is 4. The number of allylic oxidation sites excluding steroid dienone is 5. The van der Waals surface area contributed by atoms with Gasteiger partial charge in [-0.25, -0.2) is 4.98 Å². The molecule has 1 fully saturated rings. The van der Waals surface area contributed by atoms with Gasteiger partial charge in [0.2, 0.25) is 0 Å². The summed E-state index contributed by atoms with van der Waals surface area (Å²) in [5.74, 6) is 0. The van der Waals surface area contributed by atoms with E-state index in [1.54, 1.807) is 6.20 Å². The predicted octanol–water partition coefficient (Wildman–Crippen LogP) is 5.89. The maximum atomic E-state index is 5.00. The molecule has 0 saturated carbocycles. The van der Waals surface area contributed by atoms with Crippen molar-refractivity contribution in [1.29, 1.82) is 0 Å². The Morgan fingerprint density at radius 3 is 2.85 bits per heavy atom. The largest absolute Gasteiger partial charge is 0.353 e. The van der Waals surface area contributed by atoms with Gasteiger partial charge >= 0.3 is 0 Å². The van der Waals surface area contributed by atoms with E-state index in [2.05, 4.69) is 68.9 Å². The van der Waals surface area contributed by atoms with E-state index in [9.17, 15) is 0 Å². The molecule has 2 N–H and O–H groups in total. The number of rotatable bonds is 8. The number of nitrogens with one attached hydrogen (secondary N) is 2. The fourth-order valence-corrected chi connectivity index (χ4v) is 4.60. The van der Waals surface area contributed by atoms with Crippen LogP contribution in [0.5, 0.6) is 0 Å². The molecule has 1 saturated heterocycles. The van der Waals surface area contributed by atoms with E-state index in [1.165, 1.54) is 38.0 Å². The second kappa shape index (κ2) is 9.55. The number of fused-ring (bicyclic) bond motifs is 2. The van der Waals surface area contributed by atoms with Crippen molar-refractivity contribution in [2.75, 3.05) is 19.6 Å². The standard InChI is InChI=1S/C27H30N6/c1-3-19(8-7-15-33-13-5-6-14-33)16-20(4-2)22-9-10-24-26(30-22)27(32-31-24)25-17-21-18-28-12-11-23(21)29-25/h3-4,9-12,16-18,29H,1,5-8,13-15H2,2H3,(H,31,32)/b19-16+,20-4+. The molecule has 168 valence electrons. The minimum absolute atomic E-state index is 0.817. The third kappa shape index (κ3) is 4.52. The van der Waals surface area contributed by atoms with E-state index < -0.39 is 0 Å². The Morgan fingerprint density at radius 1 is 1.18 bits per heavy atom. The first-order chi connectivity index (χ1) is 16.2. The van der Waals surface area contributed by atoms with Gasteiger partial charge in [-0.3, -0.25) is 10.1 Å². The summed E-state index contributed by atoms with van der Waals surface area (Å²) in [5, 5.41) is 8.72. The van der Waals surface area contributed by atoms with Crippen LogP contribution in [0.4, 0.5) is 0 Å². The second-order valence-corrected chi connectivity index (χ2v) is 8.63. The highest BCUT2D eigenvalue weighted by molar-refractivity contribution is 5.94. The summed E-state index contributed by atoms with van der Waals surface area (Å²) in [6.07, 6.45) is 14.8. The summed E-state index contributed by atoms with van der Waals surface area (Å²) in [5.41, 5.74) is 7.84. The van der Waals surface area contributed by atoms with Crippen LogP contribution >= 0.6 is 0 Å². The predicted molar refractivity (Wildman–Crippen MR) is 136 cm³/mol. The van der Waals surface area contributed by atoms with Crippen LogP contribution in [0.15, 0.2) is 67.0 Å². The summed E-state index contributed by atoms with van der Waals surface area (Å²) in [6.45, 7) is 9.77. The molecule has 5 rings (SSSR count). The smallest absolute Gasteiger partial charge is 0.135 e. The zero-order valence-corrected chi connectivity index (χ0v) is 19.1. The molecule has 0 amide bonds. The van der Waals surface area contributed by atoms with Gasteiger partial charge in [0.25, 0.3) is 0 Å². The van der Waals surface area contributed by atoms with Crippen molar-refractivity contribution in [2.24, 2.45) is 0 Å². The molecule has 33 heavy (non-hydrogen) atoms. The lowest BCUT2D eigenvalue weighted by Gasteiger charge is -2.14. The molecular weight excluding hydrogens is 408 g/mol. The minimum atomic E-state index is 0.817. The quantitative estimate of drug-likeness (QED) is 0.336. The number of likely N-dealkylation sites (tertiary alicyclic amines) is 1. The van der Waals surface area contributed by atoms with Crippen molar-refractivity contribution in [3.05, 3.63) is 72.7 Å². The van der Waals surface area contributed by atoms with Crippen LogP contribution in [-0.4, -0.2) is 49.7 Å². The first-order valence-corrected chi connectivity index (χ1v) is 11.8. The van der Waals surface area contributed by atoms with Gasteiger partial charge in [-0.2, -0.15) is 5.10 Å². The third-order valence-electron chi connectivity index (χ3n) is 6.43. The van der Waals surface area contributed by atoms with Crippen LogP contribution in [-0.2, 0) is 0 Å². The van der Waals surface area contributed by atoms with E-state index >= 15 is 0 Å². The van der Waals surface area contributed by atoms with Crippen molar-refractivity contribution in [2.45, 2.75) is 32.6 Å². The van der Waals surface area contributed by atoms with Gasteiger partial charge in [0.05, 0.1) is 16.9 Å². The molecule has 0 bridgehead atoms. The number of aromatic amines is 2. The molecule has 4 aromatic heterocycles. The van der Waals surface area contributed by atoms with E-state index in [0.29, 0.717) is 0 Å². The molecule has 1 aliphatic heterocycles. The molecule has 6 nitrogen and oxygen atoms in total. The van der Waals surface area contributed by atoms with Gasteiger partial charge in [0, 0.05) is 23.3 Å². The number of H-pyrrole nitrogens is 2. The van der Waals surface area contributed by atoms with Gasteiger partial charge in [0.1, 0.15) is 11.2 Å². The topological polar surface area (TPSA) is 73.5 Å². The van der Waals surface area contributed by atoms with E-state index in [1.807, 2.05) is 18.3 Å². The molecule has 0 atom stereocenters. The van der Waals surface area contributed by atoms with Crippen molar-refractivity contribution in [3.63, 3.8) is 0 Å². The summed E-state index contributed by atoms with van der Waals surface area (Å²) in [6, 6.07) is 8.14. The average molecular weight is 439 g/mol. The zero-order valence-electron chi connectivity index (χ0n) is 19.1. The fraction of sp³-hybridized carbons (Fsp3) is 0.296. The molecule has 0 aromatic carbocycles. The molecule has 0 aliphatic carbocycles. The maximum absolute atomic E-state index is 5.00. The monoisotopic (exact) mass is 438 g/mol. The van der Waals surface area contributed by atoms with Crippen molar-refractivity contribution in [1.82, 2.24) is 30.0 Å². The van der Waals surface area contributed by atoms with Crippen LogP contribution in [0.1, 0.15) is 38.3 Å². The van der Waals surface area contributed by atoms with E-state index in [4.69, 9.17) is 4.98 Å². The number of hydrogen-bond donors (Lipinski definition) is 2. The van der Waals surface area contributed by atoms with Crippen molar-refractivity contribution < 1.29 is 0 Å². The normalized spacial score (nSPS) is 15.7. The van der Waals surface area contributed by atoms with E-state index in [-0.39, 0.29) is 0 Å². The highest BCUT2D eigenvalue weighted by Gasteiger charge is 2.14. The van der Waals surface area contributed by atoms with Gasteiger partial charge in [-0.1, -0.05) is 18.7 Å². The average Bonchev–Trinajstić information content (AvgIpc) is 3.60. The third-order valence-corrected chi connectivity index (χ3v) is 6.43. The highest BCUT2D eigenvalue weighted by Crippen LogP contribution is 2.29. The van der Waals surface area contributed by atoms with Gasteiger partial charge in [-0.05, 0) is 93.7 Å². The molecule has 0 radical (unpaired) electrons. The lowest BCUT2D eigenvalue weighted by molar-refractivity contribution is 0.334. The molecule has 6 heteroatoms. The number of hydrogen-bond acceptors (Lipinski definition) is 4. The molecular formula is C27H30N6.